The molecule has 1 aromatic rings. The molecule has 1 amide bonds. The number of hydrogen-bond donors (Lipinski definition) is 1. The number of aryl methyl sites for hydroxylation is 2. The Morgan fingerprint density at radius 3 is 2.45 bits per heavy atom. The normalized spacial score (nSPS) is 17.7. The highest BCUT2D eigenvalue weighted by Crippen LogP contribution is 2.20. The Morgan fingerprint density at radius 1 is 1.40 bits per heavy atom. The second-order valence-electron chi connectivity index (χ2n) is 5.75. The molecule has 2 heterocycles. The fourth-order valence-electron chi connectivity index (χ4n) is 2.69. The molecular formula is C14H23ClN4O. The smallest absolute Gasteiger partial charge is 0.271 e. The van der Waals surface area contributed by atoms with Crippen LogP contribution >= 0.6 is 11.6 Å². The maximum Gasteiger partial charge on any atom is 0.271 e. The number of rotatable bonds is 3. The third-order valence-corrected chi connectivity index (χ3v) is 4.41. The van der Waals surface area contributed by atoms with Crippen molar-refractivity contribution < 1.29 is 4.79 Å². The van der Waals surface area contributed by atoms with E-state index in [0.717, 1.165) is 25.9 Å². The van der Waals surface area contributed by atoms with E-state index in [1.807, 2.05) is 0 Å². The minimum Gasteiger partial charge on any atom is -0.348 e. The monoisotopic (exact) mass is 298 g/mol. The molecule has 1 aliphatic rings. The van der Waals surface area contributed by atoms with E-state index in [9.17, 15) is 4.79 Å². The highest BCUT2D eigenvalue weighted by Gasteiger charge is 2.25. The molecule has 0 bridgehead atoms. The van der Waals surface area contributed by atoms with E-state index in [-0.39, 0.29) is 11.9 Å². The van der Waals surface area contributed by atoms with Gasteiger partial charge in [0.25, 0.3) is 5.91 Å². The molecule has 1 saturated heterocycles. The van der Waals surface area contributed by atoms with Crippen molar-refractivity contribution in [3.8, 4) is 0 Å². The standard InChI is InChI=1S/C14H23ClN4O/c1-9(2)19-7-5-11(6-8-19)16-14(20)13-12(15)10(3)17-18(13)4/h9,11H,5-8H2,1-4H3,(H,16,20). The van der Waals surface area contributed by atoms with E-state index in [2.05, 4.69) is 29.2 Å². The van der Waals surface area contributed by atoms with Crippen molar-refractivity contribution in [1.82, 2.24) is 20.0 Å². The van der Waals surface area contributed by atoms with E-state index in [1.54, 1.807) is 18.7 Å². The lowest BCUT2D eigenvalue weighted by Crippen LogP contribution is -2.46. The van der Waals surface area contributed by atoms with Gasteiger partial charge in [-0.2, -0.15) is 5.10 Å². The summed E-state index contributed by atoms with van der Waals surface area (Å²) in [6.45, 7) is 8.27. The average molecular weight is 299 g/mol. The van der Waals surface area contributed by atoms with E-state index < -0.39 is 0 Å². The molecule has 0 saturated carbocycles. The van der Waals surface area contributed by atoms with Gasteiger partial charge in [0.05, 0.1) is 10.7 Å². The zero-order chi connectivity index (χ0) is 14.9. The molecule has 0 aromatic carbocycles. The van der Waals surface area contributed by atoms with Gasteiger partial charge in [0.1, 0.15) is 5.69 Å². The Bertz CT molecular complexity index is 490. The van der Waals surface area contributed by atoms with Crippen molar-refractivity contribution >= 4 is 17.5 Å². The molecule has 0 atom stereocenters. The number of carbonyl (C=O) groups excluding carboxylic acids is 1. The van der Waals surface area contributed by atoms with E-state index in [4.69, 9.17) is 11.6 Å². The summed E-state index contributed by atoms with van der Waals surface area (Å²) in [4.78, 5) is 14.7. The van der Waals surface area contributed by atoms with E-state index in [0.29, 0.717) is 22.5 Å². The van der Waals surface area contributed by atoms with Gasteiger partial charge >= 0.3 is 0 Å². The van der Waals surface area contributed by atoms with Crippen molar-refractivity contribution in [1.29, 1.82) is 0 Å². The van der Waals surface area contributed by atoms with Crippen molar-refractivity contribution in [3.05, 3.63) is 16.4 Å². The van der Waals surface area contributed by atoms with Crippen LogP contribution in [0.1, 0.15) is 42.9 Å². The number of hydrogen-bond acceptors (Lipinski definition) is 3. The quantitative estimate of drug-likeness (QED) is 0.928. The average Bonchev–Trinajstić information content (AvgIpc) is 2.63. The number of nitrogens with zero attached hydrogens (tertiary/aromatic N) is 3. The van der Waals surface area contributed by atoms with E-state index >= 15 is 0 Å². The summed E-state index contributed by atoms with van der Waals surface area (Å²) in [5.41, 5.74) is 1.14. The maximum atomic E-state index is 12.3. The highest BCUT2D eigenvalue weighted by molar-refractivity contribution is 6.34. The Balaban J connectivity index is 1.96. The molecule has 2 rings (SSSR count). The first-order chi connectivity index (χ1) is 9.40. The lowest BCUT2D eigenvalue weighted by Gasteiger charge is -2.34. The molecular weight excluding hydrogens is 276 g/mol. The van der Waals surface area contributed by atoms with Crippen molar-refractivity contribution in [2.45, 2.75) is 45.7 Å². The lowest BCUT2D eigenvalue weighted by molar-refractivity contribution is 0.0891. The second-order valence-corrected chi connectivity index (χ2v) is 6.13. The van der Waals surface area contributed by atoms with Gasteiger partial charge in [-0.1, -0.05) is 11.6 Å². The van der Waals surface area contributed by atoms with Crippen LogP contribution < -0.4 is 5.32 Å². The van der Waals surface area contributed by atoms with Crippen LogP contribution in [0.4, 0.5) is 0 Å². The van der Waals surface area contributed by atoms with Crippen LogP contribution in [-0.4, -0.2) is 45.8 Å². The number of carbonyl (C=O) groups is 1. The Labute approximate surface area is 125 Å². The van der Waals surface area contributed by atoms with Crippen molar-refractivity contribution in [2.75, 3.05) is 13.1 Å². The third-order valence-electron chi connectivity index (χ3n) is 3.96. The molecule has 6 heteroatoms. The summed E-state index contributed by atoms with van der Waals surface area (Å²) < 4.78 is 1.55. The number of likely N-dealkylation sites (tertiary alicyclic amines) is 1. The third kappa shape index (κ3) is 3.15. The predicted octanol–water partition coefficient (Wildman–Crippen LogP) is 1.98. The first-order valence-electron chi connectivity index (χ1n) is 7.14. The Kier molecular flexibility index (Phi) is 4.70. The number of piperidine rings is 1. The van der Waals surface area contributed by atoms with E-state index in [1.165, 1.54) is 0 Å². The van der Waals surface area contributed by atoms with Gasteiger partial charge in [-0.05, 0) is 33.6 Å². The molecule has 1 aromatic heterocycles. The molecule has 0 spiro atoms. The van der Waals surface area contributed by atoms with Crippen LogP contribution in [0, 0.1) is 6.92 Å². The fraction of sp³-hybridized carbons (Fsp3) is 0.714. The minimum absolute atomic E-state index is 0.124. The van der Waals surface area contributed by atoms with Crippen LogP contribution in [0.2, 0.25) is 5.02 Å². The Hall–Kier alpha value is -1.07. The number of amides is 1. The summed E-state index contributed by atoms with van der Waals surface area (Å²) in [7, 11) is 1.75. The van der Waals surface area contributed by atoms with Gasteiger partial charge in [0.15, 0.2) is 0 Å². The first kappa shape index (κ1) is 15.3. The van der Waals surface area contributed by atoms with Crippen LogP contribution in [0.25, 0.3) is 0 Å². The summed E-state index contributed by atoms with van der Waals surface area (Å²) in [5.74, 6) is -0.124. The maximum absolute atomic E-state index is 12.3. The van der Waals surface area contributed by atoms with Crippen LogP contribution in [0.15, 0.2) is 0 Å². The SMILES string of the molecule is Cc1nn(C)c(C(=O)NC2CCN(C(C)C)CC2)c1Cl. The first-order valence-corrected chi connectivity index (χ1v) is 7.52. The molecule has 0 unspecified atom stereocenters. The zero-order valence-electron chi connectivity index (χ0n) is 12.6. The molecule has 1 fully saturated rings. The van der Waals surface area contributed by atoms with Crippen LogP contribution in [0.5, 0.6) is 0 Å². The molecule has 1 N–H and O–H groups in total. The number of nitrogens with one attached hydrogen (secondary N) is 1. The summed E-state index contributed by atoms with van der Waals surface area (Å²) in [6, 6.07) is 0.796. The second kappa shape index (κ2) is 6.14. The minimum atomic E-state index is -0.124. The Morgan fingerprint density at radius 2 is 2.00 bits per heavy atom. The van der Waals surface area contributed by atoms with Crippen molar-refractivity contribution in [3.63, 3.8) is 0 Å². The molecule has 0 aliphatic carbocycles. The fourth-order valence-corrected chi connectivity index (χ4v) is 2.94. The van der Waals surface area contributed by atoms with Crippen molar-refractivity contribution in [2.24, 2.45) is 7.05 Å². The predicted molar refractivity (Wildman–Crippen MR) is 80.2 cm³/mol. The summed E-state index contributed by atoms with van der Waals surface area (Å²) in [5, 5.41) is 7.70. The lowest BCUT2D eigenvalue weighted by atomic mass is 10.0. The largest absolute Gasteiger partial charge is 0.348 e. The van der Waals surface area contributed by atoms with Crippen LogP contribution in [-0.2, 0) is 7.05 Å². The molecule has 1 aliphatic heterocycles. The van der Waals surface area contributed by atoms with Gasteiger partial charge in [0.2, 0.25) is 0 Å². The molecule has 112 valence electrons. The van der Waals surface area contributed by atoms with Gasteiger partial charge < -0.3 is 10.2 Å². The summed E-state index contributed by atoms with van der Waals surface area (Å²) in [6.07, 6.45) is 1.97. The number of halogens is 1. The van der Waals surface area contributed by atoms with Gasteiger partial charge in [-0.25, -0.2) is 0 Å². The van der Waals surface area contributed by atoms with Gasteiger partial charge in [-0.3, -0.25) is 9.48 Å². The zero-order valence-corrected chi connectivity index (χ0v) is 13.4. The van der Waals surface area contributed by atoms with Gasteiger partial charge in [0, 0.05) is 32.2 Å². The number of aromatic nitrogens is 2. The molecule has 0 radical (unpaired) electrons. The van der Waals surface area contributed by atoms with Crippen LogP contribution in [0.3, 0.4) is 0 Å². The molecule has 5 nitrogen and oxygen atoms in total. The summed E-state index contributed by atoms with van der Waals surface area (Å²) >= 11 is 6.14. The van der Waals surface area contributed by atoms with Gasteiger partial charge in [-0.15, -0.1) is 0 Å². The topological polar surface area (TPSA) is 50.2 Å². The highest BCUT2D eigenvalue weighted by atomic mass is 35.5. The molecule has 20 heavy (non-hydrogen) atoms.